The lowest BCUT2D eigenvalue weighted by Crippen LogP contribution is -2.45. The van der Waals surface area contributed by atoms with E-state index in [9.17, 15) is 17.6 Å². The predicted octanol–water partition coefficient (Wildman–Crippen LogP) is 1.39. The van der Waals surface area contributed by atoms with Crippen LogP contribution in [-0.4, -0.2) is 26.9 Å². The van der Waals surface area contributed by atoms with Gasteiger partial charge in [-0.15, -0.1) is 0 Å². The Hall–Kier alpha value is -1.47. The highest BCUT2D eigenvalue weighted by Crippen LogP contribution is 2.22. The molecule has 0 aliphatic carbocycles. The molecule has 0 saturated carbocycles. The first-order chi connectivity index (χ1) is 9.81. The van der Waals surface area contributed by atoms with Gasteiger partial charge in [-0.2, -0.15) is 4.72 Å². The van der Waals surface area contributed by atoms with Crippen molar-refractivity contribution in [2.45, 2.75) is 44.0 Å². The molecule has 2 rings (SSSR count). The lowest BCUT2D eigenvalue weighted by Gasteiger charge is -2.18. The van der Waals surface area contributed by atoms with E-state index in [2.05, 4.69) is 10.0 Å². The number of rotatable bonds is 3. The molecule has 7 heteroatoms. The molecule has 0 radical (unpaired) electrons. The van der Waals surface area contributed by atoms with Gasteiger partial charge in [-0.3, -0.25) is 4.79 Å². The van der Waals surface area contributed by atoms with E-state index in [1.165, 1.54) is 26.0 Å². The van der Waals surface area contributed by atoms with Crippen LogP contribution in [0.15, 0.2) is 17.0 Å². The molecule has 1 aliphatic heterocycles. The molecule has 0 bridgehead atoms. The van der Waals surface area contributed by atoms with Gasteiger partial charge in [-0.25, -0.2) is 12.8 Å². The van der Waals surface area contributed by atoms with Crippen molar-refractivity contribution >= 4 is 15.9 Å². The summed E-state index contributed by atoms with van der Waals surface area (Å²) in [6.45, 7) is 3.64. The van der Waals surface area contributed by atoms with E-state index in [4.69, 9.17) is 0 Å². The number of aryl methyl sites for hydroxylation is 2. The fourth-order valence-electron chi connectivity index (χ4n) is 2.62. The molecule has 1 aromatic rings. The van der Waals surface area contributed by atoms with Crippen LogP contribution in [-0.2, 0) is 14.8 Å². The van der Waals surface area contributed by atoms with Gasteiger partial charge >= 0.3 is 0 Å². The largest absolute Gasteiger partial charge is 0.355 e. The van der Waals surface area contributed by atoms with Crippen LogP contribution in [0.1, 0.15) is 30.4 Å². The van der Waals surface area contributed by atoms with Gasteiger partial charge in [-0.05, 0) is 56.4 Å². The summed E-state index contributed by atoms with van der Waals surface area (Å²) in [7, 11) is -3.86. The Bertz CT molecular complexity index is 635. The van der Waals surface area contributed by atoms with E-state index in [1.54, 1.807) is 0 Å². The summed E-state index contributed by atoms with van der Waals surface area (Å²) in [6, 6.07) is 1.57. The highest BCUT2D eigenvalue weighted by Gasteiger charge is 2.28. The zero-order valence-electron chi connectivity index (χ0n) is 12.1. The van der Waals surface area contributed by atoms with Crippen molar-refractivity contribution in [1.82, 2.24) is 10.0 Å². The minimum absolute atomic E-state index is 0.0425. The second kappa shape index (κ2) is 6.11. The Kier molecular flexibility index (Phi) is 4.63. The third-order valence-electron chi connectivity index (χ3n) is 3.53. The number of amides is 1. The second-order valence-electron chi connectivity index (χ2n) is 5.33. The van der Waals surface area contributed by atoms with Crippen molar-refractivity contribution in [3.05, 3.63) is 29.1 Å². The zero-order valence-corrected chi connectivity index (χ0v) is 12.9. The van der Waals surface area contributed by atoms with Crippen molar-refractivity contribution in [3.8, 4) is 0 Å². The van der Waals surface area contributed by atoms with E-state index >= 15 is 0 Å². The van der Waals surface area contributed by atoms with Crippen LogP contribution in [0.25, 0.3) is 0 Å². The molecule has 1 saturated heterocycles. The third kappa shape index (κ3) is 3.59. The summed E-state index contributed by atoms with van der Waals surface area (Å²) in [5, 5.41) is 2.68. The van der Waals surface area contributed by atoms with Crippen LogP contribution in [0.5, 0.6) is 0 Å². The number of hydrogen-bond acceptors (Lipinski definition) is 3. The molecule has 5 nitrogen and oxygen atoms in total. The number of benzene rings is 1. The van der Waals surface area contributed by atoms with E-state index < -0.39 is 21.9 Å². The minimum Gasteiger partial charge on any atom is -0.355 e. The molecule has 116 valence electrons. The number of sulfonamides is 1. The Balaban J connectivity index is 2.32. The van der Waals surface area contributed by atoms with E-state index in [-0.39, 0.29) is 10.8 Å². The normalized spacial score (nSPS) is 20.0. The summed E-state index contributed by atoms with van der Waals surface area (Å²) in [5.74, 6) is -0.787. The maximum atomic E-state index is 13.3. The molecular formula is C14H19FN2O3S. The number of hydrogen-bond donors (Lipinski definition) is 2. The number of halogens is 1. The Morgan fingerprint density at radius 3 is 2.48 bits per heavy atom. The monoisotopic (exact) mass is 314 g/mol. The standard InChI is InChI=1S/C14H19FN2O3S/c1-9-7-11(15)8-10(2)13(9)21(19,20)17-12-5-3-4-6-16-14(12)18/h7-8,12,17H,3-6H2,1-2H3,(H,16,18). The van der Waals surface area contributed by atoms with Crippen LogP contribution in [0, 0.1) is 19.7 Å². The summed E-state index contributed by atoms with van der Waals surface area (Å²) >= 11 is 0. The topological polar surface area (TPSA) is 75.3 Å². The van der Waals surface area contributed by atoms with Gasteiger partial charge in [0, 0.05) is 6.54 Å². The molecule has 1 unspecified atom stereocenters. The smallest absolute Gasteiger partial charge is 0.241 e. The average molecular weight is 314 g/mol. The van der Waals surface area contributed by atoms with Gasteiger partial charge in [0.05, 0.1) is 4.90 Å². The average Bonchev–Trinajstić information content (AvgIpc) is 2.52. The van der Waals surface area contributed by atoms with E-state index in [0.29, 0.717) is 24.1 Å². The SMILES string of the molecule is Cc1cc(F)cc(C)c1S(=O)(=O)NC1CCCCNC1=O. The van der Waals surface area contributed by atoms with Crippen molar-refractivity contribution in [3.63, 3.8) is 0 Å². The van der Waals surface area contributed by atoms with Crippen LogP contribution < -0.4 is 10.0 Å². The van der Waals surface area contributed by atoms with Crippen LogP contribution in [0.4, 0.5) is 4.39 Å². The second-order valence-corrected chi connectivity index (χ2v) is 6.98. The van der Waals surface area contributed by atoms with Crippen LogP contribution >= 0.6 is 0 Å². The molecule has 1 fully saturated rings. The minimum atomic E-state index is -3.86. The first-order valence-electron chi connectivity index (χ1n) is 6.88. The molecule has 1 atom stereocenters. The molecular weight excluding hydrogens is 295 g/mol. The molecule has 1 amide bonds. The third-order valence-corrected chi connectivity index (χ3v) is 5.30. The Morgan fingerprint density at radius 2 is 1.86 bits per heavy atom. The zero-order chi connectivity index (χ0) is 15.6. The van der Waals surface area contributed by atoms with Crippen molar-refractivity contribution in [2.75, 3.05) is 6.54 Å². The summed E-state index contributed by atoms with van der Waals surface area (Å²) in [5.41, 5.74) is 0.656. The molecule has 0 aromatic heterocycles. The fourth-order valence-corrected chi connectivity index (χ4v) is 4.30. The van der Waals surface area contributed by atoms with Gasteiger partial charge in [0.25, 0.3) is 0 Å². The molecule has 1 aliphatic rings. The van der Waals surface area contributed by atoms with E-state index in [1.807, 2.05) is 0 Å². The van der Waals surface area contributed by atoms with Crippen molar-refractivity contribution in [1.29, 1.82) is 0 Å². The summed E-state index contributed by atoms with van der Waals surface area (Å²) in [6.07, 6.45) is 2.07. The fraction of sp³-hybridized carbons (Fsp3) is 0.500. The first kappa shape index (κ1) is 15.9. The van der Waals surface area contributed by atoms with Gasteiger partial charge < -0.3 is 5.32 Å². The number of carbonyl (C=O) groups is 1. The molecule has 0 spiro atoms. The quantitative estimate of drug-likeness (QED) is 0.885. The molecule has 2 N–H and O–H groups in total. The molecule has 1 aromatic carbocycles. The van der Waals surface area contributed by atoms with Gasteiger partial charge in [0.15, 0.2) is 0 Å². The lowest BCUT2D eigenvalue weighted by molar-refractivity contribution is -0.122. The molecule has 21 heavy (non-hydrogen) atoms. The van der Waals surface area contributed by atoms with Gasteiger partial charge in [0.1, 0.15) is 11.9 Å². The Morgan fingerprint density at radius 1 is 1.24 bits per heavy atom. The van der Waals surface area contributed by atoms with Gasteiger partial charge in [0.2, 0.25) is 15.9 Å². The highest BCUT2D eigenvalue weighted by molar-refractivity contribution is 7.89. The van der Waals surface area contributed by atoms with E-state index in [0.717, 1.165) is 12.8 Å². The first-order valence-corrected chi connectivity index (χ1v) is 8.36. The maximum Gasteiger partial charge on any atom is 0.241 e. The highest BCUT2D eigenvalue weighted by atomic mass is 32.2. The maximum absolute atomic E-state index is 13.3. The van der Waals surface area contributed by atoms with Crippen molar-refractivity contribution in [2.24, 2.45) is 0 Å². The summed E-state index contributed by atoms with van der Waals surface area (Å²) < 4.78 is 40.7. The summed E-state index contributed by atoms with van der Waals surface area (Å²) in [4.78, 5) is 11.9. The number of carbonyl (C=O) groups excluding carboxylic acids is 1. The lowest BCUT2D eigenvalue weighted by atomic mass is 10.1. The van der Waals surface area contributed by atoms with Gasteiger partial charge in [-0.1, -0.05) is 0 Å². The number of nitrogens with one attached hydrogen (secondary N) is 2. The predicted molar refractivity (Wildman–Crippen MR) is 76.8 cm³/mol. The Labute approximate surface area is 124 Å². The van der Waals surface area contributed by atoms with Crippen molar-refractivity contribution < 1.29 is 17.6 Å². The molecule has 1 heterocycles. The van der Waals surface area contributed by atoms with Crippen LogP contribution in [0.3, 0.4) is 0 Å². The van der Waals surface area contributed by atoms with Crippen LogP contribution in [0.2, 0.25) is 0 Å².